The lowest BCUT2D eigenvalue weighted by atomic mass is 10.1. The van der Waals surface area contributed by atoms with Crippen LogP contribution in [0.2, 0.25) is 0 Å². The summed E-state index contributed by atoms with van der Waals surface area (Å²) in [6.45, 7) is 2.62. The third-order valence-corrected chi connectivity index (χ3v) is 6.67. The Hall–Kier alpha value is -3.65. The fraction of sp³-hybridized carbons (Fsp3) is 0.167. The Morgan fingerprint density at radius 1 is 0.938 bits per heavy atom. The van der Waals surface area contributed by atoms with Crippen LogP contribution in [0.25, 0.3) is 0 Å². The molecule has 3 aromatic rings. The Kier molecular flexibility index (Phi) is 5.96. The van der Waals surface area contributed by atoms with Gasteiger partial charge in [-0.15, -0.1) is 0 Å². The molecule has 7 nitrogen and oxygen atoms in total. The van der Waals surface area contributed by atoms with Gasteiger partial charge in [0.05, 0.1) is 4.90 Å². The summed E-state index contributed by atoms with van der Waals surface area (Å²) in [5.74, 6) is -0.195. The summed E-state index contributed by atoms with van der Waals surface area (Å²) in [4.78, 5) is 26.5. The van der Waals surface area contributed by atoms with Crippen molar-refractivity contribution < 1.29 is 18.0 Å². The van der Waals surface area contributed by atoms with E-state index in [1.807, 2.05) is 19.1 Å². The number of aryl methyl sites for hydroxylation is 1. The molecule has 4 rings (SSSR count). The minimum absolute atomic E-state index is 0.118. The van der Waals surface area contributed by atoms with E-state index < -0.39 is 10.0 Å². The van der Waals surface area contributed by atoms with Crippen LogP contribution >= 0.6 is 0 Å². The molecule has 1 heterocycles. The first-order valence-electron chi connectivity index (χ1n) is 10.2. The highest BCUT2D eigenvalue weighted by Crippen LogP contribution is 2.27. The molecule has 32 heavy (non-hydrogen) atoms. The number of anilines is 3. The zero-order valence-electron chi connectivity index (χ0n) is 17.5. The molecule has 2 amide bonds. The summed E-state index contributed by atoms with van der Waals surface area (Å²) in [6.07, 6.45) is 1.42. The highest BCUT2D eigenvalue weighted by molar-refractivity contribution is 7.92. The predicted molar refractivity (Wildman–Crippen MR) is 124 cm³/mol. The van der Waals surface area contributed by atoms with Crippen molar-refractivity contribution in [2.45, 2.75) is 24.7 Å². The predicted octanol–water partition coefficient (Wildman–Crippen LogP) is 4.17. The maximum absolute atomic E-state index is 12.6. The van der Waals surface area contributed by atoms with E-state index in [-0.39, 0.29) is 16.7 Å². The zero-order chi connectivity index (χ0) is 22.7. The first-order chi connectivity index (χ1) is 15.3. The van der Waals surface area contributed by atoms with Crippen LogP contribution in [0.4, 0.5) is 17.1 Å². The summed E-state index contributed by atoms with van der Waals surface area (Å²) in [6, 6.07) is 19.7. The first-order valence-corrected chi connectivity index (χ1v) is 11.7. The van der Waals surface area contributed by atoms with Gasteiger partial charge >= 0.3 is 0 Å². The van der Waals surface area contributed by atoms with E-state index in [9.17, 15) is 18.0 Å². The van der Waals surface area contributed by atoms with Crippen LogP contribution in [0.15, 0.2) is 77.7 Å². The molecule has 1 aliphatic heterocycles. The van der Waals surface area contributed by atoms with Gasteiger partial charge in [-0.05, 0) is 73.5 Å². The normalized spacial score (nSPS) is 13.8. The Morgan fingerprint density at radius 3 is 2.25 bits per heavy atom. The van der Waals surface area contributed by atoms with E-state index in [1.165, 1.54) is 12.1 Å². The van der Waals surface area contributed by atoms with E-state index in [1.54, 1.807) is 53.4 Å². The lowest BCUT2D eigenvalue weighted by molar-refractivity contribution is -0.117. The third kappa shape index (κ3) is 4.65. The molecule has 3 aromatic carbocycles. The van der Waals surface area contributed by atoms with Gasteiger partial charge in [0, 0.05) is 35.6 Å². The Labute approximate surface area is 187 Å². The van der Waals surface area contributed by atoms with E-state index in [4.69, 9.17) is 0 Å². The highest BCUT2D eigenvalue weighted by atomic mass is 32.2. The van der Waals surface area contributed by atoms with Gasteiger partial charge in [-0.25, -0.2) is 8.42 Å². The summed E-state index contributed by atoms with van der Waals surface area (Å²) >= 11 is 0. The monoisotopic (exact) mass is 449 g/mol. The molecule has 0 spiro atoms. The molecule has 1 aliphatic rings. The van der Waals surface area contributed by atoms with Crippen molar-refractivity contribution in [2.75, 3.05) is 21.5 Å². The lowest BCUT2D eigenvalue weighted by Crippen LogP contribution is -2.24. The van der Waals surface area contributed by atoms with Crippen LogP contribution in [0.1, 0.15) is 28.8 Å². The fourth-order valence-corrected chi connectivity index (χ4v) is 4.73. The second kappa shape index (κ2) is 8.84. The average Bonchev–Trinajstić information content (AvgIpc) is 3.20. The number of nitrogens with one attached hydrogen (secondary N) is 2. The van der Waals surface area contributed by atoms with Crippen LogP contribution in [0.5, 0.6) is 0 Å². The number of hydrogen-bond donors (Lipinski definition) is 2. The summed E-state index contributed by atoms with van der Waals surface area (Å²) in [5.41, 5.74) is 3.14. The number of amides is 2. The van der Waals surface area contributed by atoms with Crippen LogP contribution in [0, 0.1) is 6.92 Å². The molecule has 0 radical (unpaired) electrons. The van der Waals surface area contributed by atoms with Gasteiger partial charge in [0.25, 0.3) is 15.9 Å². The summed E-state index contributed by atoms with van der Waals surface area (Å²) < 4.78 is 27.3. The number of hydrogen-bond acceptors (Lipinski definition) is 4. The van der Waals surface area contributed by atoms with Gasteiger partial charge < -0.3 is 10.2 Å². The summed E-state index contributed by atoms with van der Waals surface area (Å²) in [7, 11) is -3.69. The van der Waals surface area contributed by atoms with Gasteiger partial charge in [0.1, 0.15) is 0 Å². The second-order valence-corrected chi connectivity index (χ2v) is 9.28. The minimum Gasteiger partial charge on any atom is -0.322 e. The van der Waals surface area contributed by atoms with Crippen LogP contribution in [-0.4, -0.2) is 26.8 Å². The number of rotatable bonds is 6. The molecule has 0 aliphatic carbocycles. The SMILES string of the molecule is Cc1cc(NC(=O)c2ccc(NS(=O)(=O)c3ccccc3)cc2)ccc1N1CCCC1=O. The quantitative estimate of drug-likeness (QED) is 0.590. The molecular weight excluding hydrogens is 426 g/mol. The van der Waals surface area contributed by atoms with Gasteiger partial charge in [0.2, 0.25) is 5.91 Å². The minimum atomic E-state index is -3.69. The zero-order valence-corrected chi connectivity index (χ0v) is 18.4. The maximum atomic E-state index is 12.6. The highest BCUT2D eigenvalue weighted by Gasteiger charge is 2.23. The third-order valence-electron chi connectivity index (χ3n) is 5.27. The molecule has 0 aromatic heterocycles. The molecule has 2 N–H and O–H groups in total. The number of carbonyl (C=O) groups is 2. The molecule has 164 valence electrons. The van der Waals surface area contributed by atoms with E-state index in [0.29, 0.717) is 29.9 Å². The molecule has 0 atom stereocenters. The Balaban J connectivity index is 1.43. The molecule has 1 fully saturated rings. The van der Waals surface area contributed by atoms with Crippen molar-refractivity contribution >= 4 is 38.9 Å². The van der Waals surface area contributed by atoms with Crippen LogP contribution < -0.4 is 14.9 Å². The first kappa shape index (κ1) is 21.6. The molecule has 1 saturated heterocycles. The number of sulfonamides is 1. The Bertz CT molecular complexity index is 1260. The molecule has 0 bridgehead atoms. The molecule has 0 unspecified atom stereocenters. The number of carbonyl (C=O) groups excluding carboxylic acids is 2. The van der Waals surface area contributed by atoms with Crippen LogP contribution in [0.3, 0.4) is 0 Å². The second-order valence-electron chi connectivity index (χ2n) is 7.60. The number of benzene rings is 3. The lowest BCUT2D eigenvalue weighted by Gasteiger charge is -2.19. The standard InChI is InChI=1S/C24H23N3O4S/c1-17-16-20(13-14-22(17)27-15-5-8-23(27)28)25-24(29)18-9-11-19(12-10-18)26-32(30,31)21-6-3-2-4-7-21/h2-4,6-7,9-14,16,26H,5,8,15H2,1H3,(H,25,29). The van der Waals surface area contributed by atoms with Crippen LogP contribution in [-0.2, 0) is 14.8 Å². The van der Waals surface area contributed by atoms with Crippen molar-refractivity contribution in [3.63, 3.8) is 0 Å². The van der Waals surface area contributed by atoms with Gasteiger partial charge in [-0.1, -0.05) is 18.2 Å². The van der Waals surface area contributed by atoms with E-state index in [2.05, 4.69) is 10.0 Å². The molecule has 0 saturated carbocycles. The van der Waals surface area contributed by atoms with Gasteiger partial charge in [0.15, 0.2) is 0 Å². The topological polar surface area (TPSA) is 95.6 Å². The molecule has 8 heteroatoms. The largest absolute Gasteiger partial charge is 0.322 e. The Morgan fingerprint density at radius 2 is 1.62 bits per heavy atom. The van der Waals surface area contributed by atoms with Crippen molar-refractivity contribution in [1.82, 2.24) is 0 Å². The van der Waals surface area contributed by atoms with Crippen molar-refractivity contribution in [1.29, 1.82) is 0 Å². The van der Waals surface area contributed by atoms with E-state index >= 15 is 0 Å². The smallest absolute Gasteiger partial charge is 0.261 e. The number of nitrogens with zero attached hydrogens (tertiary/aromatic N) is 1. The maximum Gasteiger partial charge on any atom is 0.261 e. The van der Waals surface area contributed by atoms with Crippen molar-refractivity contribution in [3.8, 4) is 0 Å². The van der Waals surface area contributed by atoms with E-state index in [0.717, 1.165) is 17.7 Å². The van der Waals surface area contributed by atoms with Crippen molar-refractivity contribution in [3.05, 3.63) is 83.9 Å². The van der Waals surface area contributed by atoms with Gasteiger partial charge in [-0.2, -0.15) is 0 Å². The molecular formula is C24H23N3O4S. The fourth-order valence-electron chi connectivity index (χ4n) is 3.65. The van der Waals surface area contributed by atoms with Gasteiger partial charge in [-0.3, -0.25) is 14.3 Å². The average molecular weight is 450 g/mol. The summed E-state index contributed by atoms with van der Waals surface area (Å²) in [5, 5.41) is 2.84. The van der Waals surface area contributed by atoms with Crippen molar-refractivity contribution in [2.24, 2.45) is 0 Å².